The molecule has 0 saturated heterocycles. The summed E-state index contributed by atoms with van der Waals surface area (Å²) in [6.45, 7) is 3.24. The van der Waals surface area contributed by atoms with E-state index in [0.717, 1.165) is 12.3 Å². The molecule has 2 nitrogen and oxygen atoms in total. The second kappa shape index (κ2) is 6.79. The molecule has 0 spiro atoms. The Morgan fingerprint density at radius 3 is 2.90 bits per heavy atom. The molecule has 0 aromatic heterocycles. The molecule has 3 heteroatoms. The molecule has 1 atom stereocenters. The Hall–Kier alpha value is -0.330. The molecular formula is C7H13NOS. The lowest BCUT2D eigenvalue weighted by Gasteiger charge is -1.97. The minimum absolute atomic E-state index is 0.570. The van der Waals surface area contributed by atoms with Crippen LogP contribution in [0.2, 0.25) is 0 Å². The molecule has 1 N–H and O–H groups in total. The first-order valence-corrected chi connectivity index (χ1v) is 4.79. The molecule has 0 aliphatic carbocycles. The van der Waals surface area contributed by atoms with Gasteiger partial charge in [0.2, 0.25) is 0 Å². The first kappa shape index (κ1) is 9.67. The molecule has 0 fully saturated rings. The van der Waals surface area contributed by atoms with E-state index >= 15 is 0 Å². The topological polar surface area (TPSA) is 29.1 Å². The Kier molecular flexibility index (Phi) is 6.56. The molecule has 0 rings (SSSR count). The Bertz CT molecular complexity index is 139. The average molecular weight is 159 g/mol. The van der Waals surface area contributed by atoms with E-state index in [4.69, 9.17) is 6.42 Å². The predicted octanol–water partition coefficient (Wildman–Crippen LogP) is -0.0222. The first-order chi connectivity index (χ1) is 4.81. The van der Waals surface area contributed by atoms with Crippen molar-refractivity contribution in [2.75, 3.05) is 24.6 Å². The van der Waals surface area contributed by atoms with Crippen LogP contribution in [0.25, 0.3) is 0 Å². The highest BCUT2D eigenvalue weighted by molar-refractivity contribution is 7.84. The van der Waals surface area contributed by atoms with Crippen molar-refractivity contribution in [3.8, 4) is 12.3 Å². The standard InChI is InChI=1S/C7H13NOS/c1-3-5-8-6-7-10(9)4-2/h1,8H,4-7H2,2H3. The van der Waals surface area contributed by atoms with Crippen molar-refractivity contribution >= 4 is 10.8 Å². The van der Waals surface area contributed by atoms with E-state index < -0.39 is 10.8 Å². The van der Waals surface area contributed by atoms with Crippen LogP contribution in [0.1, 0.15) is 6.92 Å². The van der Waals surface area contributed by atoms with Crippen molar-refractivity contribution in [2.45, 2.75) is 6.92 Å². The molecule has 0 aliphatic heterocycles. The van der Waals surface area contributed by atoms with Gasteiger partial charge in [0, 0.05) is 28.9 Å². The van der Waals surface area contributed by atoms with Crippen molar-refractivity contribution in [3.05, 3.63) is 0 Å². The van der Waals surface area contributed by atoms with Crippen LogP contribution in [0.5, 0.6) is 0 Å². The van der Waals surface area contributed by atoms with Gasteiger partial charge in [0.25, 0.3) is 0 Å². The minimum Gasteiger partial charge on any atom is -0.305 e. The van der Waals surface area contributed by atoms with Gasteiger partial charge in [-0.3, -0.25) is 4.21 Å². The van der Waals surface area contributed by atoms with Gasteiger partial charge in [-0.25, -0.2) is 0 Å². The zero-order valence-corrected chi connectivity index (χ0v) is 7.04. The number of hydrogen-bond donors (Lipinski definition) is 1. The van der Waals surface area contributed by atoms with Crippen molar-refractivity contribution in [2.24, 2.45) is 0 Å². The molecule has 0 radical (unpaired) electrons. The van der Waals surface area contributed by atoms with E-state index in [2.05, 4.69) is 11.2 Å². The summed E-state index contributed by atoms with van der Waals surface area (Å²) in [5, 5.41) is 2.97. The molecule has 0 aliphatic rings. The zero-order valence-electron chi connectivity index (χ0n) is 6.22. The third-order valence-electron chi connectivity index (χ3n) is 1.06. The summed E-state index contributed by atoms with van der Waals surface area (Å²) in [6.07, 6.45) is 4.99. The van der Waals surface area contributed by atoms with Gasteiger partial charge in [-0.2, -0.15) is 0 Å². The van der Waals surface area contributed by atoms with Crippen LogP contribution in [0.15, 0.2) is 0 Å². The second-order valence-corrected chi connectivity index (χ2v) is 3.68. The minimum atomic E-state index is -0.662. The van der Waals surface area contributed by atoms with E-state index in [1.54, 1.807) is 0 Å². The fourth-order valence-electron chi connectivity index (χ4n) is 0.491. The summed E-state index contributed by atoms with van der Waals surface area (Å²) in [5.41, 5.74) is 0. The molecule has 58 valence electrons. The number of hydrogen-bond acceptors (Lipinski definition) is 2. The normalized spacial score (nSPS) is 12.4. The van der Waals surface area contributed by atoms with Gasteiger partial charge in [0.15, 0.2) is 0 Å². The summed E-state index contributed by atoms with van der Waals surface area (Å²) in [4.78, 5) is 0. The highest BCUT2D eigenvalue weighted by atomic mass is 32.2. The number of terminal acetylenes is 1. The van der Waals surface area contributed by atoms with E-state index in [0.29, 0.717) is 12.3 Å². The zero-order chi connectivity index (χ0) is 7.82. The molecule has 0 amide bonds. The number of nitrogens with one attached hydrogen (secondary N) is 1. The van der Waals surface area contributed by atoms with Crippen molar-refractivity contribution in [1.29, 1.82) is 0 Å². The van der Waals surface area contributed by atoms with Gasteiger partial charge in [0.05, 0.1) is 6.54 Å². The lowest BCUT2D eigenvalue weighted by atomic mass is 10.6. The summed E-state index contributed by atoms with van der Waals surface area (Å²) < 4.78 is 10.8. The van der Waals surface area contributed by atoms with Gasteiger partial charge in [-0.15, -0.1) is 6.42 Å². The van der Waals surface area contributed by atoms with E-state index in [1.807, 2.05) is 6.92 Å². The Labute approximate surface area is 64.9 Å². The summed E-state index contributed by atoms with van der Waals surface area (Å²) in [6, 6.07) is 0. The molecule has 0 bridgehead atoms. The second-order valence-electron chi connectivity index (χ2n) is 1.81. The Morgan fingerprint density at radius 1 is 1.70 bits per heavy atom. The fourth-order valence-corrected chi connectivity index (χ4v) is 1.15. The van der Waals surface area contributed by atoms with Crippen molar-refractivity contribution < 1.29 is 4.21 Å². The maximum atomic E-state index is 10.8. The lowest BCUT2D eigenvalue weighted by Crippen LogP contribution is -2.21. The predicted molar refractivity (Wildman–Crippen MR) is 45.3 cm³/mol. The van der Waals surface area contributed by atoms with Crippen LogP contribution in [0, 0.1) is 12.3 Å². The summed E-state index contributed by atoms with van der Waals surface area (Å²) >= 11 is 0. The quantitative estimate of drug-likeness (QED) is 0.451. The van der Waals surface area contributed by atoms with E-state index in [9.17, 15) is 4.21 Å². The van der Waals surface area contributed by atoms with Crippen LogP contribution >= 0.6 is 0 Å². The molecule has 0 saturated carbocycles. The molecular weight excluding hydrogens is 146 g/mol. The maximum Gasteiger partial charge on any atom is 0.0574 e. The van der Waals surface area contributed by atoms with Crippen LogP contribution in [-0.2, 0) is 10.8 Å². The van der Waals surface area contributed by atoms with Crippen LogP contribution in [-0.4, -0.2) is 28.8 Å². The molecule has 10 heavy (non-hydrogen) atoms. The maximum absolute atomic E-state index is 10.8. The summed E-state index contributed by atoms with van der Waals surface area (Å²) in [7, 11) is -0.662. The van der Waals surface area contributed by atoms with Gasteiger partial charge < -0.3 is 5.32 Å². The molecule has 0 aromatic rings. The SMILES string of the molecule is C#CCNCCS(=O)CC. The fraction of sp³-hybridized carbons (Fsp3) is 0.714. The lowest BCUT2D eigenvalue weighted by molar-refractivity contribution is 0.679. The third-order valence-corrected chi connectivity index (χ3v) is 2.36. The van der Waals surface area contributed by atoms with Crippen molar-refractivity contribution in [3.63, 3.8) is 0 Å². The largest absolute Gasteiger partial charge is 0.305 e. The highest BCUT2D eigenvalue weighted by Crippen LogP contribution is 1.77. The Morgan fingerprint density at radius 2 is 2.40 bits per heavy atom. The third kappa shape index (κ3) is 5.80. The smallest absolute Gasteiger partial charge is 0.0574 e. The molecule has 0 heterocycles. The Balaban J connectivity index is 3.05. The number of rotatable bonds is 5. The summed E-state index contributed by atoms with van der Waals surface area (Å²) in [5.74, 6) is 3.89. The van der Waals surface area contributed by atoms with Gasteiger partial charge >= 0.3 is 0 Å². The van der Waals surface area contributed by atoms with Crippen LogP contribution in [0.3, 0.4) is 0 Å². The van der Waals surface area contributed by atoms with E-state index in [1.165, 1.54) is 0 Å². The molecule has 1 unspecified atom stereocenters. The first-order valence-electron chi connectivity index (χ1n) is 3.30. The van der Waals surface area contributed by atoms with Gasteiger partial charge in [0.1, 0.15) is 0 Å². The molecule has 0 aromatic carbocycles. The van der Waals surface area contributed by atoms with Crippen molar-refractivity contribution in [1.82, 2.24) is 5.32 Å². The van der Waals surface area contributed by atoms with Crippen LogP contribution < -0.4 is 5.32 Å². The van der Waals surface area contributed by atoms with Gasteiger partial charge in [-0.1, -0.05) is 12.8 Å². The van der Waals surface area contributed by atoms with E-state index in [-0.39, 0.29) is 0 Å². The monoisotopic (exact) mass is 159 g/mol. The average Bonchev–Trinajstić information content (AvgIpc) is 1.98. The van der Waals surface area contributed by atoms with Crippen LogP contribution in [0.4, 0.5) is 0 Å². The van der Waals surface area contributed by atoms with Gasteiger partial charge in [-0.05, 0) is 0 Å². The highest BCUT2D eigenvalue weighted by Gasteiger charge is 1.92.